The van der Waals surface area contributed by atoms with Crippen LogP contribution in [0.2, 0.25) is 0 Å². The van der Waals surface area contributed by atoms with Gasteiger partial charge in [0.25, 0.3) is 10.0 Å². The van der Waals surface area contributed by atoms with Crippen molar-refractivity contribution in [1.82, 2.24) is 4.98 Å². The minimum absolute atomic E-state index is 0.282. The zero-order valence-corrected chi connectivity index (χ0v) is 13.2. The van der Waals surface area contributed by atoms with Crippen molar-refractivity contribution in [3.8, 4) is 0 Å². The Morgan fingerprint density at radius 2 is 2.19 bits per heavy atom. The molecule has 21 heavy (non-hydrogen) atoms. The van der Waals surface area contributed by atoms with Crippen molar-refractivity contribution in [1.29, 1.82) is 0 Å². The zero-order chi connectivity index (χ0) is 15.1. The highest BCUT2D eigenvalue weighted by Gasteiger charge is 2.14. The number of aromatic nitrogens is 1. The van der Waals surface area contributed by atoms with E-state index >= 15 is 0 Å². The van der Waals surface area contributed by atoms with Gasteiger partial charge in [-0.25, -0.2) is 13.4 Å². The highest BCUT2D eigenvalue weighted by atomic mass is 32.2. The van der Waals surface area contributed by atoms with E-state index in [1.165, 1.54) is 17.5 Å². The molecule has 0 aliphatic rings. The molecule has 0 amide bonds. The molecule has 0 fully saturated rings. The molecule has 0 spiro atoms. The maximum Gasteiger partial charge on any atom is 0.271 e. The molecule has 0 aliphatic carbocycles. The lowest BCUT2D eigenvalue weighted by Gasteiger charge is -2.08. The second kappa shape index (κ2) is 7.39. The second-order valence-corrected chi connectivity index (χ2v) is 7.10. The number of ether oxygens (including phenoxy) is 1. The normalized spacial score (nSPS) is 11.3. The molecule has 0 radical (unpaired) electrons. The quantitative estimate of drug-likeness (QED) is 0.728. The summed E-state index contributed by atoms with van der Waals surface area (Å²) in [4.78, 5) is 4.17. The van der Waals surface area contributed by atoms with E-state index in [2.05, 4.69) is 15.0 Å². The first-order chi connectivity index (χ1) is 10.1. The van der Waals surface area contributed by atoms with Gasteiger partial charge in [0.2, 0.25) is 0 Å². The number of nitrogens with zero attached hydrogens (tertiary/aromatic N) is 1. The Kier molecular flexibility index (Phi) is 5.54. The summed E-state index contributed by atoms with van der Waals surface area (Å²) in [7, 11) is -1.86. The fraction of sp³-hybridized carbons (Fsp3) is 0.308. The zero-order valence-electron chi connectivity index (χ0n) is 11.6. The first kappa shape index (κ1) is 15.7. The van der Waals surface area contributed by atoms with Crippen LogP contribution in [0, 0.1) is 0 Å². The molecule has 114 valence electrons. The molecular formula is C13H17N3O3S2. The number of hydrogen-bond acceptors (Lipinski definition) is 6. The van der Waals surface area contributed by atoms with Gasteiger partial charge in [0.1, 0.15) is 10.0 Å². The van der Waals surface area contributed by atoms with Crippen LogP contribution in [0.1, 0.15) is 6.42 Å². The van der Waals surface area contributed by atoms with Crippen LogP contribution < -0.4 is 10.0 Å². The molecule has 2 aromatic heterocycles. The number of hydrogen-bond donors (Lipinski definition) is 2. The average molecular weight is 327 g/mol. The van der Waals surface area contributed by atoms with Crippen molar-refractivity contribution in [2.75, 3.05) is 30.3 Å². The summed E-state index contributed by atoms with van der Waals surface area (Å²) in [6, 6.07) is 6.67. The fourth-order valence-corrected chi connectivity index (χ4v) is 3.65. The minimum atomic E-state index is -3.52. The number of methoxy groups -OCH3 is 1. The SMILES string of the molecule is COCCCNc1ccc(NS(=O)(=O)c2cccs2)cn1. The Morgan fingerprint density at radius 3 is 2.81 bits per heavy atom. The van der Waals surface area contributed by atoms with Crippen LogP contribution in [0.15, 0.2) is 40.1 Å². The molecule has 6 nitrogen and oxygen atoms in total. The van der Waals surface area contributed by atoms with E-state index in [9.17, 15) is 8.42 Å². The van der Waals surface area contributed by atoms with Gasteiger partial charge in [-0.2, -0.15) is 0 Å². The predicted molar refractivity (Wildman–Crippen MR) is 84.3 cm³/mol. The van der Waals surface area contributed by atoms with Gasteiger partial charge in [0.15, 0.2) is 0 Å². The number of pyridine rings is 1. The molecule has 0 saturated carbocycles. The number of nitrogens with one attached hydrogen (secondary N) is 2. The fourth-order valence-electron chi connectivity index (χ4n) is 1.61. The highest BCUT2D eigenvalue weighted by molar-refractivity contribution is 7.94. The summed E-state index contributed by atoms with van der Waals surface area (Å²) in [5.41, 5.74) is 0.436. The van der Waals surface area contributed by atoms with Crippen molar-refractivity contribution in [2.45, 2.75) is 10.6 Å². The lowest BCUT2D eigenvalue weighted by atomic mass is 10.4. The maximum absolute atomic E-state index is 12.0. The van der Waals surface area contributed by atoms with Gasteiger partial charge in [-0.3, -0.25) is 4.72 Å². The number of thiophene rings is 1. The Labute approximate surface area is 128 Å². The van der Waals surface area contributed by atoms with Crippen LogP contribution in [0.25, 0.3) is 0 Å². The molecule has 2 rings (SSSR count). The smallest absolute Gasteiger partial charge is 0.271 e. The van der Waals surface area contributed by atoms with Gasteiger partial charge in [-0.05, 0) is 30.0 Å². The molecular weight excluding hydrogens is 310 g/mol. The summed E-state index contributed by atoms with van der Waals surface area (Å²) in [6.07, 6.45) is 2.37. The largest absolute Gasteiger partial charge is 0.385 e. The second-order valence-electron chi connectivity index (χ2n) is 4.24. The topological polar surface area (TPSA) is 80.3 Å². The third-order valence-corrected chi connectivity index (χ3v) is 5.39. The van der Waals surface area contributed by atoms with E-state index in [1.54, 1.807) is 36.8 Å². The Balaban J connectivity index is 1.93. The molecule has 2 heterocycles. The number of rotatable bonds is 8. The summed E-state index contributed by atoms with van der Waals surface area (Å²) in [6.45, 7) is 1.44. The van der Waals surface area contributed by atoms with Gasteiger partial charge < -0.3 is 10.1 Å². The van der Waals surface area contributed by atoms with Crippen molar-refractivity contribution in [2.24, 2.45) is 0 Å². The lowest BCUT2D eigenvalue weighted by Crippen LogP contribution is -2.12. The average Bonchev–Trinajstić information content (AvgIpc) is 3.00. The van der Waals surface area contributed by atoms with E-state index in [0.29, 0.717) is 18.1 Å². The molecule has 0 unspecified atom stereocenters. The van der Waals surface area contributed by atoms with Gasteiger partial charge >= 0.3 is 0 Å². The maximum atomic E-state index is 12.0. The van der Waals surface area contributed by atoms with Crippen LogP contribution in [-0.4, -0.2) is 33.7 Å². The summed E-state index contributed by atoms with van der Waals surface area (Å²) in [5.74, 6) is 0.699. The van der Waals surface area contributed by atoms with Crippen molar-refractivity contribution >= 4 is 32.9 Å². The first-order valence-electron chi connectivity index (χ1n) is 6.37. The number of sulfonamides is 1. The predicted octanol–water partition coefficient (Wildman–Crippen LogP) is 2.39. The van der Waals surface area contributed by atoms with E-state index < -0.39 is 10.0 Å². The van der Waals surface area contributed by atoms with Crippen LogP contribution in [0.3, 0.4) is 0 Å². The van der Waals surface area contributed by atoms with Gasteiger partial charge in [0.05, 0.1) is 11.9 Å². The van der Waals surface area contributed by atoms with E-state index in [-0.39, 0.29) is 4.21 Å². The molecule has 2 N–H and O–H groups in total. The van der Waals surface area contributed by atoms with Crippen molar-refractivity contribution in [3.63, 3.8) is 0 Å². The van der Waals surface area contributed by atoms with E-state index in [4.69, 9.17) is 4.74 Å². The molecule has 2 aromatic rings. The Morgan fingerprint density at radius 1 is 1.33 bits per heavy atom. The first-order valence-corrected chi connectivity index (χ1v) is 8.73. The number of anilines is 2. The monoisotopic (exact) mass is 327 g/mol. The summed E-state index contributed by atoms with van der Waals surface area (Å²) >= 11 is 1.17. The van der Waals surface area contributed by atoms with Crippen LogP contribution in [0.4, 0.5) is 11.5 Å². The van der Waals surface area contributed by atoms with E-state index in [1.807, 2.05) is 0 Å². The molecule has 0 atom stereocenters. The van der Waals surface area contributed by atoms with Gasteiger partial charge in [-0.1, -0.05) is 6.07 Å². The third-order valence-electron chi connectivity index (χ3n) is 2.61. The third kappa shape index (κ3) is 4.69. The Bertz CT molecular complexity index is 640. The summed E-state index contributed by atoms with van der Waals surface area (Å²) < 4.78 is 31.8. The lowest BCUT2D eigenvalue weighted by molar-refractivity contribution is 0.198. The van der Waals surface area contributed by atoms with Crippen molar-refractivity contribution in [3.05, 3.63) is 35.8 Å². The Hall–Kier alpha value is -1.64. The highest BCUT2D eigenvalue weighted by Crippen LogP contribution is 2.20. The van der Waals surface area contributed by atoms with E-state index in [0.717, 1.165) is 13.0 Å². The standard InChI is InChI=1S/C13H17N3O3S2/c1-19-8-3-7-14-12-6-5-11(10-15-12)16-21(17,18)13-4-2-9-20-13/h2,4-6,9-10,16H,3,7-8H2,1H3,(H,14,15). The van der Waals surface area contributed by atoms with Crippen LogP contribution >= 0.6 is 11.3 Å². The molecule has 0 aromatic carbocycles. The summed E-state index contributed by atoms with van der Waals surface area (Å²) in [5, 5.41) is 4.85. The van der Waals surface area contributed by atoms with Crippen LogP contribution in [-0.2, 0) is 14.8 Å². The molecule has 8 heteroatoms. The van der Waals surface area contributed by atoms with Gasteiger partial charge in [0, 0.05) is 20.3 Å². The molecule has 0 bridgehead atoms. The van der Waals surface area contributed by atoms with Crippen LogP contribution in [0.5, 0.6) is 0 Å². The molecule has 0 aliphatic heterocycles. The van der Waals surface area contributed by atoms with Gasteiger partial charge in [-0.15, -0.1) is 11.3 Å². The minimum Gasteiger partial charge on any atom is -0.385 e. The molecule has 0 saturated heterocycles. The van der Waals surface area contributed by atoms with Crippen molar-refractivity contribution < 1.29 is 13.2 Å².